The number of nitrogens with two attached hydrogens (primary N) is 1. The van der Waals surface area contributed by atoms with E-state index >= 15 is 0 Å². The minimum absolute atomic E-state index is 0.251. The fourth-order valence-electron chi connectivity index (χ4n) is 2.77. The molecule has 4 nitrogen and oxygen atoms in total. The van der Waals surface area contributed by atoms with E-state index in [9.17, 15) is 8.42 Å². The number of anilines is 1. The van der Waals surface area contributed by atoms with Crippen molar-refractivity contribution in [1.82, 2.24) is 0 Å². The van der Waals surface area contributed by atoms with Gasteiger partial charge >= 0.3 is 0 Å². The molecule has 21 heavy (non-hydrogen) atoms. The van der Waals surface area contributed by atoms with Gasteiger partial charge in [0, 0.05) is 18.0 Å². The standard InChI is InChI=1S/C15H18N2O2S2/c1-11-4-5-13-12(9-11)3-2-7-17(13)21(18,19)15-6-8-20-14(15)10-16/h4-6,8-9H,2-3,7,10,16H2,1H3. The van der Waals surface area contributed by atoms with Gasteiger partial charge in [-0.15, -0.1) is 11.3 Å². The van der Waals surface area contributed by atoms with Crippen LogP contribution in [0.2, 0.25) is 0 Å². The third-order valence-corrected chi connectivity index (χ3v) is 6.74. The Balaban J connectivity index is 2.10. The number of sulfonamides is 1. The molecular weight excluding hydrogens is 304 g/mol. The van der Waals surface area contributed by atoms with Gasteiger partial charge in [0.05, 0.1) is 5.69 Å². The first-order valence-corrected chi connectivity index (χ1v) is 9.24. The highest BCUT2D eigenvalue weighted by Crippen LogP contribution is 2.34. The molecule has 6 heteroatoms. The molecule has 0 atom stereocenters. The average molecular weight is 322 g/mol. The van der Waals surface area contributed by atoms with E-state index in [-0.39, 0.29) is 6.54 Å². The molecule has 2 heterocycles. The van der Waals surface area contributed by atoms with Crippen LogP contribution in [0.15, 0.2) is 34.5 Å². The van der Waals surface area contributed by atoms with Crippen molar-refractivity contribution >= 4 is 27.0 Å². The maximum atomic E-state index is 13.0. The predicted octanol–water partition coefficient (Wildman–Crippen LogP) is 2.66. The summed E-state index contributed by atoms with van der Waals surface area (Å²) in [7, 11) is -3.52. The first-order valence-electron chi connectivity index (χ1n) is 6.93. The summed E-state index contributed by atoms with van der Waals surface area (Å²) in [5, 5.41) is 1.79. The summed E-state index contributed by atoms with van der Waals surface area (Å²) in [6, 6.07) is 7.61. The summed E-state index contributed by atoms with van der Waals surface area (Å²) >= 11 is 1.39. The zero-order valence-corrected chi connectivity index (χ0v) is 13.5. The maximum absolute atomic E-state index is 13.0. The van der Waals surface area contributed by atoms with Crippen LogP contribution in [0.1, 0.15) is 22.4 Å². The van der Waals surface area contributed by atoms with Gasteiger partial charge in [-0.1, -0.05) is 17.7 Å². The molecule has 0 fully saturated rings. The second kappa shape index (κ2) is 5.44. The van der Waals surface area contributed by atoms with Crippen LogP contribution < -0.4 is 10.0 Å². The first-order chi connectivity index (χ1) is 10.0. The molecule has 0 saturated heterocycles. The van der Waals surface area contributed by atoms with Crippen LogP contribution in [0.4, 0.5) is 5.69 Å². The highest BCUT2D eigenvalue weighted by atomic mass is 32.2. The third kappa shape index (κ3) is 2.47. The molecule has 0 amide bonds. The quantitative estimate of drug-likeness (QED) is 0.945. The highest BCUT2D eigenvalue weighted by molar-refractivity contribution is 7.93. The van der Waals surface area contributed by atoms with Gasteiger partial charge in [-0.3, -0.25) is 4.31 Å². The average Bonchev–Trinajstić information content (AvgIpc) is 2.95. The molecule has 0 saturated carbocycles. The molecule has 1 aromatic carbocycles. The van der Waals surface area contributed by atoms with E-state index in [0.717, 1.165) is 29.7 Å². The van der Waals surface area contributed by atoms with Crippen molar-refractivity contribution in [2.24, 2.45) is 5.73 Å². The molecule has 112 valence electrons. The SMILES string of the molecule is Cc1ccc2c(c1)CCCN2S(=O)(=O)c1ccsc1CN. The van der Waals surface area contributed by atoms with E-state index in [4.69, 9.17) is 5.73 Å². The number of nitrogens with zero attached hydrogens (tertiary/aromatic N) is 1. The molecule has 2 aromatic rings. The summed E-state index contributed by atoms with van der Waals surface area (Å²) in [6.07, 6.45) is 1.77. The van der Waals surface area contributed by atoms with Crippen molar-refractivity contribution in [1.29, 1.82) is 0 Å². The zero-order valence-electron chi connectivity index (χ0n) is 11.9. The van der Waals surface area contributed by atoms with E-state index in [2.05, 4.69) is 6.07 Å². The second-order valence-corrected chi connectivity index (χ2v) is 8.06. The van der Waals surface area contributed by atoms with Gasteiger partial charge < -0.3 is 5.73 Å². The van der Waals surface area contributed by atoms with E-state index in [0.29, 0.717) is 16.3 Å². The van der Waals surface area contributed by atoms with E-state index < -0.39 is 10.0 Å². The van der Waals surface area contributed by atoms with Gasteiger partial charge in [0.15, 0.2) is 0 Å². The van der Waals surface area contributed by atoms with Gasteiger partial charge in [0.2, 0.25) is 0 Å². The molecule has 0 unspecified atom stereocenters. The van der Waals surface area contributed by atoms with Crippen LogP contribution in [-0.2, 0) is 23.0 Å². The molecule has 1 aliphatic heterocycles. The van der Waals surface area contributed by atoms with Gasteiger partial charge in [0.25, 0.3) is 10.0 Å². The Hall–Kier alpha value is -1.37. The van der Waals surface area contributed by atoms with E-state index in [1.807, 2.05) is 19.1 Å². The lowest BCUT2D eigenvalue weighted by atomic mass is 10.0. The number of hydrogen-bond donors (Lipinski definition) is 1. The first kappa shape index (κ1) is 14.6. The molecule has 0 spiro atoms. The number of fused-ring (bicyclic) bond motifs is 1. The van der Waals surface area contributed by atoms with E-state index in [1.54, 1.807) is 11.4 Å². The van der Waals surface area contributed by atoms with Crippen molar-refractivity contribution in [3.8, 4) is 0 Å². The monoisotopic (exact) mass is 322 g/mol. The van der Waals surface area contributed by atoms with E-state index in [1.165, 1.54) is 15.6 Å². The van der Waals surface area contributed by atoms with Gasteiger partial charge in [-0.2, -0.15) is 0 Å². The summed E-state index contributed by atoms with van der Waals surface area (Å²) in [5.74, 6) is 0. The van der Waals surface area contributed by atoms with Crippen LogP contribution in [-0.4, -0.2) is 15.0 Å². The summed E-state index contributed by atoms with van der Waals surface area (Å²) in [4.78, 5) is 1.07. The molecular formula is C15H18N2O2S2. The largest absolute Gasteiger partial charge is 0.326 e. The third-order valence-electron chi connectivity index (χ3n) is 3.77. The topological polar surface area (TPSA) is 63.4 Å². The maximum Gasteiger partial charge on any atom is 0.265 e. The Bertz CT molecular complexity index is 766. The number of hydrogen-bond acceptors (Lipinski definition) is 4. The van der Waals surface area contributed by atoms with Gasteiger partial charge in [-0.25, -0.2) is 8.42 Å². The van der Waals surface area contributed by atoms with Crippen LogP contribution in [0.25, 0.3) is 0 Å². The second-order valence-electron chi connectivity index (χ2n) is 5.23. The fraction of sp³-hybridized carbons (Fsp3) is 0.333. The summed E-state index contributed by atoms with van der Waals surface area (Å²) < 4.78 is 27.4. The predicted molar refractivity (Wildman–Crippen MR) is 86.2 cm³/mol. The Morgan fingerprint density at radius 1 is 1.33 bits per heavy atom. The van der Waals surface area contributed by atoms with Gasteiger partial charge in [0.1, 0.15) is 4.90 Å². The summed E-state index contributed by atoms with van der Waals surface area (Å²) in [6.45, 7) is 2.80. The Labute approximate surface area is 129 Å². The molecule has 1 aliphatic rings. The fourth-order valence-corrected chi connectivity index (χ4v) is 5.62. The minimum Gasteiger partial charge on any atom is -0.326 e. The van der Waals surface area contributed by atoms with Gasteiger partial charge in [-0.05, 0) is 42.8 Å². The van der Waals surface area contributed by atoms with Crippen molar-refractivity contribution in [2.45, 2.75) is 31.2 Å². The highest BCUT2D eigenvalue weighted by Gasteiger charge is 2.31. The van der Waals surface area contributed by atoms with Crippen molar-refractivity contribution in [3.05, 3.63) is 45.6 Å². The van der Waals surface area contributed by atoms with Crippen LogP contribution in [0.5, 0.6) is 0 Å². The molecule has 2 N–H and O–H groups in total. The number of aryl methyl sites for hydroxylation is 2. The Morgan fingerprint density at radius 3 is 2.90 bits per heavy atom. The van der Waals surface area contributed by atoms with Crippen molar-refractivity contribution in [2.75, 3.05) is 10.8 Å². The van der Waals surface area contributed by atoms with Crippen LogP contribution in [0, 0.1) is 6.92 Å². The molecule has 0 aliphatic carbocycles. The Kier molecular flexibility index (Phi) is 3.77. The number of thiophene rings is 1. The molecule has 1 aromatic heterocycles. The molecule has 3 rings (SSSR count). The smallest absolute Gasteiger partial charge is 0.265 e. The van der Waals surface area contributed by atoms with Crippen molar-refractivity contribution in [3.63, 3.8) is 0 Å². The summed E-state index contributed by atoms with van der Waals surface area (Å²) in [5.41, 5.74) is 8.73. The molecule has 0 bridgehead atoms. The van der Waals surface area contributed by atoms with Crippen LogP contribution in [0.3, 0.4) is 0 Å². The lowest BCUT2D eigenvalue weighted by Crippen LogP contribution is -2.35. The normalized spacial score (nSPS) is 15.0. The van der Waals surface area contributed by atoms with Crippen molar-refractivity contribution < 1.29 is 8.42 Å². The molecule has 0 radical (unpaired) electrons. The minimum atomic E-state index is -3.52. The number of rotatable bonds is 3. The lowest BCUT2D eigenvalue weighted by molar-refractivity contribution is 0.586. The Morgan fingerprint density at radius 2 is 2.14 bits per heavy atom. The van der Waals surface area contributed by atoms with Crippen LogP contribution >= 0.6 is 11.3 Å². The zero-order chi connectivity index (χ0) is 15.0. The lowest BCUT2D eigenvalue weighted by Gasteiger charge is -2.30. The number of benzene rings is 1.